The zero-order valence-electron chi connectivity index (χ0n) is 10.6. The Kier molecular flexibility index (Phi) is 3.95. The molecule has 0 unspecified atom stereocenters. The summed E-state index contributed by atoms with van der Waals surface area (Å²) >= 11 is 0. The van der Waals surface area contributed by atoms with Crippen molar-refractivity contribution < 1.29 is 9.72 Å². The van der Waals surface area contributed by atoms with Crippen LogP contribution in [-0.2, 0) is 6.54 Å². The smallest absolute Gasteiger partial charge is 0.270 e. The van der Waals surface area contributed by atoms with Crippen molar-refractivity contribution >= 4 is 17.3 Å². The first-order chi connectivity index (χ1) is 9.58. The molecule has 6 heteroatoms. The van der Waals surface area contributed by atoms with Crippen LogP contribution in [0.5, 0.6) is 0 Å². The van der Waals surface area contributed by atoms with E-state index in [0.717, 1.165) is 5.56 Å². The molecule has 1 amide bonds. The van der Waals surface area contributed by atoms with Crippen LogP contribution in [-0.4, -0.2) is 10.8 Å². The van der Waals surface area contributed by atoms with Gasteiger partial charge in [-0.2, -0.15) is 0 Å². The number of nitrogens with one attached hydrogen (secondary N) is 1. The highest BCUT2D eigenvalue weighted by Gasteiger charge is 2.14. The predicted octanol–water partition coefficient (Wildman–Crippen LogP) is 2.31. The van der Waals surface area contributed by atoms with Crippen LogP contribution >= 0.6 is 0 Å². The van der Waals surface area contributed by atoms with Crippen LogP contribution in [0.4, 0.5) is 11.4 Å². The molecule has 0 heterocycles. The molecule has 2 aromatic carbocycles. The minimum atomic E-state index is -0.704. The van der Waals surface area contributed by atoms with E-state index in [2.05, 4.69) is 5.32 Å². The van der Waals surface area contributed by atoms with Gasteiger partial charge in [0.1, 0.15) is 0 Å². The van der Waals surface area contributed by atoms with Crippen LogP contribution in [0.2, 0.25) is 0 Å². The van der Waals surface area contributed by atoms with Gasteiger partial charge in [0.2, 0.25) is 0 Å². The maximum Gasteiger partial charge on any atom is 0.270 e. The SMILES string of the molecule is NC(=O)c1cc([N+](=O)[O-])ccc1NCc1ccccc1. The lowest BCUT2D eigenvalue weighted by atomic mass is 10.1. The minimum Gasteiger partial charge on any atom is -0.380 e. The molecule has 20 heavy (non-hydrogen) atoms. The van der Waals surface area contributed by atoms with Crippen LogP contribution < -0.4 is 11.1 Å². The van der Waals surface area contributed by atoms with Gasteiger partial charge in [-0.3, -0.25) is 14.9 Å². The number of hydrogen-bond donors (Lipinski definition) is 2. The normalized spacial score (nSPS) is 10.0. The summed E-state index contributed by atoms with van der Waals surface area (Å²) in [6.07, 6.45) is 0. The highest BCUT2D eigenvalue weighted by atomic mass is 16.6. The first-order valence-electron chi connectivity index (χ1n) is 5.94. The third-order valence-corrected chi connectivity index (χ3v) is 2.81. The first-order valence-corrected chi connectivity index (χ1v) is 5.94. The van der Waals surface area contributed by atoms with Crippen LogP contribution in [0.1, 0.15) is 15.9 Å². The Bertz CT molecular complexity index is 641. The van der Waals surface area contributed by atoms with Crippen molar-refractivity contribution in [2.24, 2.45) is 5.73 Å². The van der Waals surface area contributed by atoms with Gasteiger partial charge in [0, 0.05) is 24.4 Å². The summed E-state index contributed by atoms with van der Waals surface area (Å²) in [6, 6.07) is 13.6. The molecule has 0 aliphatic rings. The molecular formula is C14H13N3O3. The van der Waals surface area contributed by atoms with Gasteiger partial charge in [0.15, 0.2) is 0 Å². The van der Waals surface area contributed by atoms with E-state index >= 15 is 0 Å². The fourth-order valence-electron chi connectivity index (χ4n) is 1.80. The Hall–Kier alpha value is -2.89. The second-order valence-electron chi connectivity index (χ2n) is 4.19. The summed E-state index contributed by atoms with van der Waals surface area (Å²) in [7, 11) is 0. The van der Waals surface area contributed by atoms with Crippen LogP contribution in [0.15, 0.2) is 48.5 Å². The molecule has 6 nitrogen and oxygen atoms in total. The van der Waals surface area contributed by atoms with Gasteiger partial charge in [0.05, 0.1) is 10.5 Å². The van der Waals surface area contributed by atoms with E-state index < -0.39 is 10.8 Å². The summed E-state index contributed by atoms with van der Waals surface area (Å²) in [6.45, 7) is 0.499. The first kappa shape index (κ1) is 13.5. The molecule has 2 aromatic rings. The van der Waals surface area contributed by atoms with Crippen molar-refractivity contribution in [3.8, 4) is 0 Å². The number of nitrogens with zero attached hydrogens (tertiary/aromatic N) is 1. The lowest BCUT2D eigenvalue weighted by Crippen LogP contribution is -2.14. The van der Waals surface area contributed by atoms with Crippen molar-refractivity contribution in [3.05, 3.63) is 69.8 Å². The molecule has 0 bridgehead atoms. The highest BCUT2D eigenvalue weighted by Crippen LogP contribution is 2.22. The van der Waals surface area contributed by atoms with Crippen molar-refractivity contribution in [1.82, 2.24) is 0 Å². The predicted molar refractivity (Wildman–Crippen MR) is 75.4 cm³/mol. The summed E-state index contributed by atoms with van der Waals surface area (Å²) in [5.41, 5.74) is 6.70. The molecule has 0 atom stereocenters. The Morgan fingerprint density at radius 2 is 1.90 bits per heavy atom. The number of non-ortho nitro benzene ring substituents is 1. The van der Waals surface area contributed by atoms with Crippen LogP contribution in [0.3, 0.4) is 0 Å². The Morgan fingerprint density at radius 3 is 2.50 bits per heavy atom. The summed E-state index contributed by atoms with van der Waals surface area (Å²) in [5, 5.41) is 13.8. The van der Waals surface area contributed by atoms with E-state index in [0.29, 0.717) is 12.2 Å². The van der Waals surface area contributed by atoms with Crippen molar-refractivity contribution in [2.45, 2.75) is 6.54 Å². The van der Waals surface area contributed by atoms with Gasteiger partial charge < -0.3 is 11.1 Å². The van der Waals surface area contributed by atoms with Crippen LogP contribution in [0, 0.1) is 10.1 Å². The van der Waals surface area contributed by atoms with E-state index in [-0.39, 0.29) is 11.3 Å². The molecule has 0 radical (unpaired) electrons. The molecule has 0 aliphatic heterocycles. The van der Waals surface area contributed by atoms with Gasteiger partial charge in [0.25, 0.3) is 11.6 Å². The standard InChI is InChI=1S/C14H13N3O3/c15-14(18)12-8-11(17(19)20)6-7-13(12)16-9-10-4-2-1-3-5-10/h1-8,16H,9H2,(H2,15,18). The maximum absolute atomic E-state index is 11.4. The van der Waals surface area contributed by atoms with E-state index in [1.54, 1.807) is 0 Å². The second-order valence-corrected chi connectivity index (χ2v) is 4.19. The molecular weight excluding hydrogens is 258 g/mol. The van der Waals surface area contributed by atoms with Crippen molar-refractivity contribution in [1.29, 1.82) is 0 Å². The number of anilines is 1. The van der Waals surface area contributed by atoms with Crippen molar-refractivity contribution in [3.63, 3.8) is 0 Å². The summed E-state index contributed by atoms with van der Waals surface area (Å²) in [5.74, 6) is -0.704. The summed E-state index contributed by atoms with van der Waals surface area (Å²) < 4.78 is 0. The zero-order chi connectivity index (χ0) is 14.5. The lowest BCUT2D eigenvalue weighted by Gasteiger charge is -2.10. The number of carbonyl (C=O) groups is 1. The van der Waals surface area contributed by atoms with Crippen molar-refractivity contribution in [2.75, 3.05) is 5.32 Å². The quantitative estimate of drug-likeness (QED) is 0.644. The molecule has 0 saturated carbocycles. The molecule has 0 aromatic heterocycles. The zero-order valence-corrected chi connectivity index (χ0v) is 10.6. The minimum absolute atomic E-state index is 0.107. The second kappa shape index (κ2) is 5.83. The molecule has 3 N–H and O–H groups in total. The number of benzene rings is 2. The maximum atomic E-state index is 11.4. The van der Waals surface area contributed by atoms with E-state index in [1.807, 2.05) is 30.3 Å². The number of amides is 1. The van der Waals surface area contributed by atoms with Crippen LogP contribution in [0.25, 0.3) is 0 Å². The number of carbonyl (C=O) groups excluding carboxylic acids is 1. The number of nitro benzene ring substituents is 1. The fourth-order valence-corrected chi connectivity index (χ4v) is 1.80. The number of primary amides is 1. The molecule has 0 aliphatic carbocycles. The third kappa shape index (κ3) is 3.11. The van der Waals surface area contributed by atoms with E-state index in [1.165, 1.54) is 18.2 Å². The fraction of sp³-hybridized carbons (Fsp3) is 0.0714. The number of nitro groups is 1. The average molecular weight is 271 g/mol. The largest absolute Gasteiger partial charge is 0.380 e. The molecule has 2 rings (SSSR count). The van der Waals surface area contributed by atoms with E-state index in [9.17, 15) is 14.9 Å². The molecule has 0 fully saturated rings. The molecule has 102 valence electrons. The highest BCUT2D eigenvalue weighted by molar-refractivity contribution is 5.99. The van der Waals surface area contributed by atoms with E-state index in [4.69, 9.17) is 5.73 Å². The third-order valence-electron chi connectivity index (χ3n) is 2.81. The van der Waals surface area contributed by atoms with Gasteiger partial charge in [-0.25, -0.2) is 0 Å². The van der Waals surface area contributed by atoms with Gasteiger partial charge in [-0.1, -0.05) is 30.3 Å². The Balaban J connectivity index is 2.23. The van der Waals surface area contributed by atoms with Gasteiger partial charge >= 0.3 is 0 Å². The van der Waals surface area contributed by atoms with Gasteiger partial charge in [-0.05, 0) is 11.6 Å². The molecule has 0 saturated heterocycles. The average Bonchev–Trinajstić information content (AvgIpc) is 2.45. The number of rotatable bonds is 5. The monoisotopic (exact) mass is 271 g/mol. The Labute approximate surface area is 115 Å². The topological polar surface area (TPSA) is 98.3 Å². The summed E-state index contributed by atoms with van der Waals surface area (Å²) in [4.78, 5) is 21.5. The van der Waals surface area contributed by atoms with Gasteiger partial charge in [-0.15, -0.1) is 0 Å². The lowest BCUT2D eigenvalue weighted by molar-refractivity contribution is -0.384. The number of hydrogen-bond acceptors (Lipinski definition) is 4. The Morgan fingerprint density at radius 1 is 1.20 bits per heavy atom. The molecule has 0 spiro atoms. The number of nitrogens with two attached hydrogens (primary N) is 1.